The van der Waals surface area contributed by atoms with Gasteiger partial charge in [-0.05, 0) is 36.8 Å². The number of ether oxygens (including phenoxy) is 1. The Morgan fingerprint density at radius 3 is 2.39 bits per heavy atom. The third-order valence-corrected chi connectivity index (χ3v) is 5.75. The maximum Gasteiger partial charge on any atom is 0.344 e. The van der Waals surface area contributed by atoms with E-state index in [0.29, 0.717) is 34.5 Å². The number of anilines is 1. The molecule has 2 N–H and O–H groups in total. The monoisotopic (exact) mass is 448 g/mol. The van der Waals surface area contributed by atoms with Crippen molar-refractivity contribution < 1.29 is 13.9 Å². The molecule has 0 unspecified atom stereocenters. The predicted molar refractivity (Wildman–Crippen MR) is 129 cm³/mol. The molecule has 0 fully saturated rings. The molecular weight excluding hydrogens is 419 g/mol. The van der Waals surface area contributed by atoms with Crippen molar-refractivity contribution in [2.75, 3.05) is 12.3 Å². The first-order chi connectivity index (χ1) is 16.1. The average Bonchev–Trinajstić information content (AvgIpc) is 3.09. The van der Waals surface area contributed by atoms with Crippen molar-refractivity contribution in [3.63, 3.8) is 0 Å². The first kappa shape index (κ1) is 22.7. The molecule has 0 saturated heterocycles. The SMILES string of the molecule is CCCCCCCCCOC(=O)c1c(N)n(-c2cccc(F)c2)c2nc3ccccc3nc12. The molecule has 33 heavy (non-hydrogen) atoms. The van der Waals surface area contributed by atoms with E-state index < -0.39 is 11.8 Å². The number of nitrogen functional groups attached to an aromatic ring is 1. The van der Waals surface area contributed by atoms with E-state index in [1.165, 1.54) is 37.8 Å². The first-order valence-electron chi connectivity index (χ1n) is 11.6. The molecule has 0 aliphatic carbocycles. The number of carbonyl (C=O) groups excluding carboxylic acids is 1. The topological polar surface area (TPSA) is 83.0 Å². The molecule has 2 aromatic heterocycles. The Kier molecular flexibility index (Phi) is 7.17. The number of aromatic nitrogens is 3. The molecule has 0 saturated carbocycles. The Bertz CT molecular complexity index is 1270. The number of benzene rings is 2. The highest BCUT2D eigenvalue weighted by atomic mass is 19.1. The third-order valence-electron chi connectivity index (χ3n) is 5.75. The number of fused-ring (bicyclic) bond motifs is 2. The van der Waals surface area contributed by atoms with Gasteiger partial charge in [0.25, 0.3) is 0 Å². The number of unbranched alkanes of at least 4 members (excludes halogenated alkanes) is 6. The number of halogens is 1. The van der Waals surface area contributed by atoms with E-state index in [1.54, 1.807) is 16.7 Å². The summed E-state index contributed by atoms with van der Waals surface area (Å²) in [7, 11) is 0. The molecule has 4 rings (SSSR count). The summed E-state index contributed by atoms with van der Waals surface area (Å²) in [4.78, 5) is 22.4. The summed E-state index contributed by atoms with van der Waals surface area (Å²) in [6.07, 6.45) is 7.89. The molecular formula is C26H29FN4O2. The van der Waals surface area contributed by atoms with Crippen LogP contribution in [0.4, 0.5) is 10.2 Å². The van der Waals surface area contributed by atoms with Crippen molar-refractivity contribution in [1.29, 1.82) is 0 Å². The standard InChI is InChI=1S/C26H29FN4O2/c1-2-3-4-5-6-7-10-16-33-26(32)22-23-25(30-21-15-9-8-14-20(21)29-23)31(24(22)28)19-13-11-12-18(27)17-19/h8-9,11-15,17H,2-7,10,16,28H2,1H3. The Hall–Kier alpha value is -3.48. The fourth-order valence-electron chi connectivity index (χ4n) is 4.04. The zero-order chi connectivity index (χ0) is 23.2. The fourth-order valence-corrected chi connectivity index (χ4v) is 4.04. The van der Waals surface area contributed by atoms with Gasteiger partial charge in [-0.15, -0.1) is 0 Å². The molecule has 7 heteroatoms. The van der Waals surface area contributed by atoms with Gasteiger partial charge in [0.05, 0.1) is 23.3 Å². The van der Waals surface area contributed by atoms with Crippen molar-refractivity contribution in [2.24, 2.45) is 0 Å². The maximum absolute atomic E-state index is 14.0. The maximum atomic E-state index is 14.0. The first-order valence-corrected chi connectivity index (χ1v) is 11.6. The third kappa shape index (κ3) is 4.97. The molecule has 4 aromatic rings. The van der Waals surface area contributed by atoms with Crippen molar-refractivity contribution in [1.82, 2.24) is 14.5 Å². The second kappa shape index (κ2) is 10.4. The van der Waals surface area contributed by atoms with Gasteiger partial charge in [-0.1, -0.05) is 63.6 Å². The summed E-state index contributed by atoms with van der Waals surface area (Å²) in [5.74, 6) is -0.816. The van der Waals surface area contributed by atoms with Crippen molar-refractivity contribution in [3.05, 3.63) is 59.9 Å². The second-order valence-electron chi connectivity index (χ2n) is 8.22. The summed E-state index contributed by atoms with van der Waals surface area (Å²) >= 11 is 0. The van der Waals surface area contributed by atoms with Crippen LogP contribution < -0.4 is 5.73 Å². The van der Waals surface area contributed by atoms with Crippen LogP contribution in [0.25, 0.3) is 27.9 Å². The number of nitrogens with two attached hydrogens (primary N) is 1. The van der Waals surface area contributed by atoms with Crippen LogP contribution in [-0.2, 0) is 4.74 Å². The second-order valence-corrected chi connectivity index (χ2v) is 8.22. The molecule has 0 aliphatic rings. The van der Waals surface area contributed by atoms with Gasteiger partial charge in [-0.25, -0.2) is 19.2 Å². The summed E-state index contributed by atoms with van der Waals surface area (Å²) in [6.45, 7) is 2.52. The lowest BCUT2D eigenvalue weighted by Crippen LogP contribution is -2.10. The minimum Gasteiger partial charge on any atom is -0.462 e. The molecule has 2 heterocycles. The Labute approximate surface area is 192 Å². The van der Waals surface area contributed by atoms with Crippen LogP contribution in [-0.4, -0.2) is 27.1 Å². The zero-order valence-corrected chi connectivity index (χ0v) is 18.9. The number of hydrogen-bond donors (Lipinski definition) is 1. The van der Waals surface area contributed by atoms with Crippen molar-refractivity contribution >= 4 is 34.0 Å². The number of carbonyl (C=O) groups is 1. The van der Waals surface area contributed by atoms with E-state index in [9.17, 15) is 9.18 Å². The summed E-state index contributed by atoms with van der Waals surface area (Å²) in [5, 5.41) is 0. The van der Waals surface area contributed by atoms with Crippen LogP contribution in [0.3, 0.4) is 0 Å². The van der Waals surface area contributed by atoms with E-state index in [0.717, 1.165) is 19.3 Å². The van der Waals surface area contributed by atoms with Gasteiger partial charge in [0.15, 0.2) is 5.65 Å². The van der Waals surface area contributed by atoms with E-state index in [1.807, 2.05) is 24.3 Å². The predicted octanol–water partition coefficient (Wildman–Crippen LogP) is 6.20. The lowest BCUT2D eigenvalue weighted by Gasteiger charge is -2.08. The lowest BCUT2D eigenvalue weighted by molar-refractivity contribution is 0.0501. The van der Waals surface area contributed by atoms with Gasteiger partial charge in [0, 0.05) is 0 Å². The van der Waals surface area contributed by atoms with Gasteiger partial charge < -0.3 is 10.5 Å². The summed E-state index contributed by atoms with van der Waals surface area (Å²) in [5.41, 5.74) is 9.08. The molecule has 0 radical (unpaired) electrons. The summed E-state index contributed by atoms with van der Waals surface area (Å²) in [6, 6.07) is 13.4. The van der Waals surface area contributed by atoms with E-state index in [4.69, 9.17) is 10.5 Å². The van der Waals surface area contributed by atoms with Gasteiger partial charge in [-0.3, -0.25) is 4.57 Å². The molecule has 0 aliphatic heterocycles. The van der Waals surface area contributed by atoms with E-state index in [2.05, 4.69) is 16.9 Å². The zero-order valence-electron chi connectivity index (χ0n) is 18.9. The van der Waals surface area contributed by atoms with Crippen LogP contribution in [0.15, 0.2) is 48.5 Å². The van der Waals surface area contributed by atoms with Crippen molar-refractivity contribution in [2.45, 2.75) is 51.9 Å². The number of rotatable bonds is 10. The van der Waals surface area contributed by atoms with Crippen LogP contribution in [0, 0.1) is 5.82 Å². The molecule has 6 nitrogen and oxygen atoms in total. The quantitative estimate of drug-likeness (QED) is 0.231. The van der Waals surface area contributed by atoms with Gasteiger partial charge in [0.2, 0.25) is 0 Å². The van der Waals surface area contributed by atoms with Gasteiger partial charge in [0.1, 0.15) is 22.7 Å². The highest BCUT2D eigenvalue weighted by Gasteiger charge is 2.26. The van der Waals surface area contributed by atoms with Crippen LogP contribution in [0.1, 0.15) is 62.2 Å². The van der Waals surface area contributed by atoms with Crippen LogP contribution in [0.5, 0.6) is 0 Å². The molecule has 0 bridgehead atoms. The fraction of sp³-hybridized carbons (Fsp3) is 0.346. The molecule has 0 amide bonds. The van der Waals surface area contributed by atoms with E-state index >= 15 is 0 Å². The largest absolute Gasteiger partial charge is 0.462 e. The average molecular weight is 449 g/mol. The Balaban J connectivity index is 1.63. The lowest BCUT2D eigenvalue weighted by atomic mass is 10.1. The minimum atomic E-state index is -0.539. The van der Waals surface area contributed by atoms with Crippen LogP contribution >= 0.6 is 0 Å². The Morgan fingerprint density at radius 1 is 0.970 bits per heavy atom. The highest BCUT2D eigenvalue weighted by Crippen LogP contribution is 2.31. The molecule has 0 spiro atoms. The Morgan fingerprint density at radius 2 is 1.67 bits per heavy atom. The smallest absolute Gasteiger partial charge is 0.344 e. The molecule has 0 atom stereocenters. The number of para-hydroxylation sites is 2. The minimum absolute atomic E-state index is 0.135. The van der Waals surface area contributed by atoms with Crippen LogP contribution in [0.2, 0.25) is 0 Å². The number of esters is 1. The highest BCUT2D eigenvalue weighted by molar-refractivity contribution is 6.09. The van der Waals surface area contributed by atoms with Gasteiger partial charge in [-0.2, -0.15) is 0 Å². The van der Waals surface area contributed by atoms with Crippen molar-refractivity contribution in [3.8, 4) is 5.69 Å². The normalized spacial score (nSPS) is 11.3. The number of nitrogens with zero attached hydrogens (tertiary/aromatic N) is 3. The number of hydrogen-bond acceptors (Lipinski definition) is 5. The summed E-state index contributed by atoms with van der Waals surface area (Å²) < 4.78 is 21.1. The van der Waals surface area contributed by atoms with E-state index in [-0.39, 0.29) is 11.4 Å². The molecule has 2 aromatic carbocycles. The molecule has 172 valence electrons. The van der Waals surface area contributed by atoms with Gasteiger partial charge >= 0.3 is 5.97 Å².